The molecule has 0 atom stereocenters. The standard InChI is InChI=1S/C16H14BrN7O2S/c1-10-4-3-5-12(24-16(25)22(2)20-21-24)11(10)9-26-14-6-7-23(19-14)15-18-8-13(17)27-15/h3-8H,9H2,1-2H3. The molecule has 0 saturated heterocycles. The van der Waals surface area contributed by atoms with Crippen molar-refractivity contribution in [2.75, 3.05) is 0 Å². The molecule has 3 aromatic heterocycles. The summed E-state index contributed by atoms with van der Waals surface area (Å²) in [7, 11) is 1.56. The van der Waals surface area contributed by atoms with E-state index >= 15 is 0 Å². The molecule has 0 aliphatic heterocycles. The molecule has 9 nitrogen and oxygen atoms in total. The molecular formula is C16H14BrN7O2S. The third kappa shape index (κ3) is 3.43. The number of ether oxygens (including phenoxy) is 1. The molecule has 0 saturated carbocycles. The predicted octanol–water partition coefficient (Wildman–Crippen LogP) is 2.26. The Morgan fingerprint density at radius 3 is 2.81 bits per heavy atom. The molecule has 4 aromatic rings. The first kappa shape index (κ1) is 17.6. The lowest BCUT2D eigenvalue weighted by atomic mass is 10.1. The smallest absolute Gasteiger partial charge is 0.368 e. The van der Waals surface area contributed by atoms with Crippen molar-refractivity contribution in [3.05, 3.63) is 62.1 Å². The zero-order chi connectivity index (χ0) is 19.0. The van der Waals surface area contributed by atoms with Crippen LogP contribution in [0.3, 0.4) is 0 Å². The number of tetrazole rings is 1. The van der Waals surface area contributed by atoms with Gasteiger partial charge < -0.3 is 4.74 Å². The molecule has 0 unspecified atom stereocenters. The third-order valence-corrected chi connectivity index (χ3v) is 5.39. The molecule has 1 aromatic carbocycles. The van der Waals surface area contributed by atoms with E-state index in [2.05, 4.69) is 36.4 Å². The summed E-state index contributed by atoms with van der Waals surface area (Å²) >= 11 is 4.86. The molecular weight excluding hydrogens is 434 g/mol. The lowest BCUT2D eigenvalue weighted by Gasteiger charge is -2.11. The summed E-state index contributed by atoms with van der Waals surface area (Å²) in [6.07, 6.45) is 3.51. The third-order valence-electron chi connectivity index (χ3n) is 3.93. The second-order valence-electron chi connectivity index (χ2n) is 5.70. The van der Waals surface area contributed by atoms with Crippen LogP contribution < -0.4 is 10.4 Å². The zero-order valence-electron chi connectivity index (χ0n) is 14.4. The minimum atomic E-state index is -0.319. The predicted molar refractivity (Wildman–Crippen MR) is 103 cm³/mol. The Hall–Kier alpha value is -2.79. The number of hydrogen-bond acceptors (Lipinski definition) is 7. The normalized spacial score (nSPS) is 11.1. The molecule has 138 valence electrons. The summed E-state index contributed by atoms with van der Waals surface area (Å²) in [4.78, 5) is 16.5. The van der Waals surface area contributed by atoms with E-state index in [1.54, 1.807) is 30.2 Å². The van der Waals surface area contributed by atoms with Crippen LogP contribution >= 0.6 is 27.3 Å². The Kier molecular flexibility index (Phi) is 4.62. The second kappa shape index (κ2) is 7.08. The van der Waals surface area contributed by atoms with Crippen molar-refractivity contribution >= 4 is 27.3 Å². The van der Waals surface area contributed by atoms with Gasteiger partial charge in [-0.3, -0.25) is 0 Å². The van der Waals surface area contributed by atoms with E-state index in [1.807, 2.05) is 25.1 Å². The van der Waals surface area contributed by atoms with Crippen LogP contribution in [-0.4, -0.2) is 34.6 Å². The highest BCUT2D eigenvalue weighted by Gasteiger charge is 2.14. The minimum Gasteiger partial charge on any atom is -0.472 e. The maximum Gasteiger partial charge on any atom is 0.368 e. The van der Waals surface area contributed by atoms with Crippen molar-refractivity contribution in [3.8, 4) is 16.7 Å². The molecule has 0 aliphatic rings. The summed E-state index contributed by atoms with van der Waals surface area (Å²) in [6, 6.07) is 7.40. The van der Waals surface area contributed by atoms with Gasteiger partial charge in [-0.1, -0.05) is 23.5 Å². The summed E-state index contributed by atoms with van der Waals surface area (Å²) < 4.78 is 10.9. The van der Waals surface area contributed by atoms with Crippen LogP contribution in [0.25, 0.3) is 10.8 Å². The zero-order valence-corrected chi connectivity index (χ0v) is 16.8. The van der Waals surface area contributed by atoms with Crippen molar-refractivity contribution in [1.29, 1.82) is 0 Å². The van der Waals surface area contributed by atoms with E-state index in [0.717, 1.165) is 20.0 Å². The first-order valence-corrected chi connectivity index (χ1v) is 9.52. The molecule has 0 N–H and O–H groups in total. The molecule has 4 rings (SSSR count). The SMILES string of the molecule is Cc1cccc(-n2nnn(C)c2=O)c1COc1ccn(-c2ncc(Br)s2)n1. The van der Waals surface area contributed by atoms with Crippen molar-refractivity contribution < 1.29 is 4.74 Å². The van der Waals surface area contributed by atoms with Crippen molar-refractivity contribution in [2.45, 2.75) is 13.5 Å². The molecule has 0 amide bonds. The number of halogens is 1. The van der Waals surface area contributed by atoms with Crippen LogP contribution in [0.2, 0.25) is 0 Å². The molecule has 11 heteroatoms. The fourth-order valence-electron chi connectivity index (χ4n) is 2.53. The van der Waals surface area contributed by atoms with Crippen LogP contribution in [0, 0.1) is 6.92 Å². The highest BCUT2D eigenvalue weighted by Crippen LogP contribution is 2.23. The Morgan fingerprint density at radius 1 is 1.26 bits per heavy atom. The van der Waals surface area contributed by atoms with Gasteiger partial charge in [0, 0.05) is 24.9 Å². The van der Waals surface area contributed by atoms with Gasteiger partial charge in [0.25, 0.3) is 0 Å². The molecule has 0 bridgehead atoms. The van der Waals surface area contributed by atoms with Crippen molar-refractivity contribution in [3.63, 3.8) is 0 Å². The summed E-state index contributed by atoms with van der Waals surface area (Å²) in [5.41, 5.74) is 2.14. The maximum atomic E-state index is 12.2. The summed E-state index contributed by atoms with van der Waals surface area (Å²) in [6.45, 7) is 2.19. The Morgan fingerprint density at radius 2 is 2.11 bits per heavy atom. The molecule has 3 heterocycles. The average Bonchev–Trinajstić information content (AvgIpc) is 3.36. The largest absolute Gasteiger partial charge is 0.472 e. The van der Waals surface area contributed by atoms with Crippen molar-refractivity contribution in [2.24, 2.45) is 7.05 Å². The lowest BCUT2D eigenvalue weighted by molar-refractivity contribution is 0.290. The van der Waals surface area contributed by atoms with Gasteiger partial charge in [-0.05, 0) is 44.9 Å². The Bertz CT molecular complexity index is 1160. The number of aryl methyl sites for hydroxylation is 2. The first-order valence-electron chi connectivity index (χ1n) is 7.91. The van der Waals surface area contributed by atoms with Gasteiger partial charge in [0.05, 0.1) is 15.7 Å². The fourth-order valence-corrected chi connectivity index (χ4v) is 3.64. The average molecular weight is 448 g/mol. The van der Waals surface area contributed by atoms with E-state index in [1.165, 1.54) is 20.7 Å². The van der Waals surface area contributed by atoms with E-state index < -0.39 is 0 Å². The number of benzene rings is 1. The number of nitrogens with zero attached hydrogens (tertiary/aromatic N) is 7. The van der Waals surface area contributed by atoms with E-state index in [-0.39, 0.29) is 12.3 Å². The molecule has 0 spiro atoms. The molecule has 0 aliphatic carbocycles. The number of rotatable bonds is 5. The van der Waals surface area contributed by atoms with Gasteiger partial charge in [-0.15, -0.1) is 5.10 Å². The molecule has 0 radical (unpaired) electrons. The lowest BCUT2D eigenvalue weighted by Crippen LogP contribution is -2.23. The highest BCUT2D eigenvalue weighted by molar-refractivity contribution is 9.11. The van der Waals surface area contributed by atoms with Gasteiger partial charge in [0.2, 0.25) is 11.0 Å². The van der Waals surface area contributed by atoms with Crippen molar-refractivity contribution in [1.82, 2.24) is 34.6 Å². The monoisotopic (exact) mass is 447 g/mol. The van der Waals surface area contributed by atoms with Crippen LogP contribution in [-0.2, 0) is 13.7 Å². The second-order valence-corrected chi connectivity index (χ2v) is 8.09. The van der Waals surface area contributed by atoms with Crippen LogP contribution in [0.1, 0.15) is 11.1 Å². The first-order chi connectivity index (χ1) is 13.0. The van der Waals surface area contributed by atoms with Gasteiger partial charge in [-0.2, -0.15) is 9.36 Å². The summed E-state index contributed by atoms with van der Waals surface area (Å²) in [5.74, 6) is 0.460. The van der Waals surface area contributed by atoms with Gasteiger partial charge in [0.1, 0.15) is 6.61 Å². The van der Waals surface area contributed by atoms with E-state index in [0.29, 0.717) is 11.6 Å². The number of hydrogen-bond donors (Lipinski definition) is 0. The highest BCUT2D eigenvalue weighted by atomic mass is 79.9. The Labute approximate surface area is 166 Å². The maximum absolute atomic E-state index is 12.2. The quantitative estimate of drug-likeness (QED) is 0.465. The van der Waals surface area contributed by atoms with E-state index in [9.17, 15) is 4.79 Å². The van der Waals surface area contributed by atoms with Gasteiger partial charge >= 0.3 is 5.69 Å². The van der Waals surface area contributed by atoms with Gasteiger partial charge in [-0.25, -0.2) is 14.5 Å². The summed E-state index contributed by atoms with van der Waals surface area (Å²) in [5, 5.41) is 12.8. The number of aromatic nitrogens is 7. The number of thiazole rings is 1. The van der Waals surface area contributed by atoms with Crippen LogP contribution in [0.4, 0.5) is 0 Å². The Balaban J connectivity index is 1.60. The minimum absolute atomic E-state index is 0.240. The topological polar surface area (TPSA) is 92.7 Å². The van der Waals surface area contributed by atoms with Crippen LogP contribution in [0.15, 0.2) is 45.2 Å². The fraction of sp³-hybridized carbons (Fsp3) is 0.188. The van der Waals surface area contributed by atoms with Gasteiger partial charge in [0.15, 0.2) is 0 Å². The van der Waals surface area contributed by atoms with E-state index in [4.69, 9.17) is 4.74 Å². The molecule has 0 fully saturated rings. The van der Waals surface area contributed by atoms with Crippen LogP contribution in [0.5, 0.6) is 5.88 Å². The molecule has 27 heavy (non-hydrogen) atoms.